The number of nitrogens with one attached hydrogen (secondary N) is 2. The number of hydrogen-bond acceptors (Lipinski definition) is 4. The lowest BCUT2D eigenvalue weighted by Gasteiger charge is -2.34. The number of hydrogen-bond donors (Lipinski definition) is 2. The van der Waals surface area contributed by atoms with Crippen molar-refractivity contribution in [1.82, 2.24) is 20.4 Å². The van der Waals surface area contributed by atoms with Crippen LogP contribution in [0.25, 0.3) is 0 Å². The second-order valence-corrected chi connectivity index (χ2v) is 6.49. The summed E-state index contributed by atoms with van der Waals surface area (Å²) in [6, 6.07) is 0. The fourth-order valence-corrected chi connectivity index (χ4v) is 2.71. The van der Waals surface area contributed by atoms with E-state index in [1.54, 1.807) is 0 Å². The molecule has 1 atom stereocenters. The summed E-state index contributed by atoms with van der Waals surface area (Å²) in [6.07, 6.45) is 2.20. The Kier molecular flexibility index (Phi) is 15.1. The molecule has 0 aromatic carbocycles. The fourth-order valence-electron chi connectivity index (χ4n) is 2.71. The first-order valence-corrected chi connectivity index (χ1v) is 9.08. The Labute approximate surface area is 165 Å². The number of nitrogens with zero attached hydrogens (tertiary/aromatic N) is 3. The molecular formula is C17H38IN5O. The summed E-state index contributed by atoms with van der Waals surface area (Å²) in [5, 5.41) is 6.81. The van der Waals surface area contributed by atoms with E-state index in [0.717, 1.165) is 51.6 Å². The molecule has 1 fully saturated rings. The second kappa shape index (κ2) is 15.2. The fraction of sp³-hybridized carbons (Fsp3) is 0.941. The normalized spacial score (nSPS) is 18.1. The van der Waals surface area contributed by atoms with E-state index in [-0.39, 0.29) is 24.0 Å². The molecule has 0 amide bonds. The van der Waals surface area contributed by atoms with E-state index in [0.29, 0.717) is 5.92 Å². The van der Waals surface area contributed by atoms with Crippen molar-refractivity contribution in [2.24, 2.45) is 10.9 Å². The van der Waals surface area contributed by atoms with Crippen LogP contribution in [-0.4, -0.2) is 88.9 Å². The zero-order valence-electron chi connectivity index (χ0n) is 16.0. The maximum absolute atomic E-state index is 5.34. The molecule has 2 N–H and O–H groups in total. The lowest BCUT2D eigenvalue weighted by atomic mass is 10.1. The van der Waals surface area contributed by atoms with Crippen LogP contribution in [0, 0.1) is 5.92 Å². The molecule has 6 nitrogen and oxygen atoms in total. The molecule has 1 rings (SSSR count). The van der Waals surface area contributed by atoms with Crippen LogP contribution in [0.5, 0.6) is 0 Å². The van der Waals surface area contributed by atoms with Gasteiger partial charge >= 0.3 is 0 Å². The van der Waals surface area contributed by atoms with E-state index in [2.05, 4.69) is 39.4 Å². The number of halogens is 1. The van der Waals surface area contributed by atoms with Gasteiger partial charge in [-0.25, -0.2) is 0 Å². The maximum atomic E-state index is 5.34. The zero-order chi connectivity index (χ0) is 16.9. The van der Waals surface area contributed by atoms with Gasteiger partial charge in [-0.2, -0.15) is 0 Å². The summed E-state index contributed by atoms with van der Waals surface area (Å²) in [6.45, 7) is 13.8. The molecule has 1 aliphatic rings. The van der Waals surface area contributed by atoms with E-state index >= 15 is 0 Å². The molecule has 0 aliphatic carbocycles. The van der Waals surface area contributed by atoms with Crippen LogP contribution >= 0.6 is 24.0 Å². The van der Waals surface area contributed by atoms with Crippen molar-refractivity contribution in [3.8, 4) is 0 Å². The number of guanidine groups is 1. The summed E-state index contributed by atoms with van der Waals surface area (Å²) in [5.74, 6) is 1.53. The molecular weight excluding hydrogens is 417 g/mol. The van der Waals surface area contributed by atoms with Crippen molar-refractivity contribution in [2.75, 3.05) is 73.1 Å². The highest BCUT2D eigenvalue weighted by atomic mass is 127. The van der Waals surface area contributed by atoms with Crippen LogP contribution in [0.15, 0.2) is 4.99 Å². The van der Waals surface area contributed by atoms with Gasteiger partial charge in [-0.15, -0.1) is 24.0 Å². The van der Waals surface area contributed by atoms with Crippen LogP contribution < -0.4 is 10.6 Å². The summed E-state index contributed by atoms with van der Waals surface area (Å²) >= 11 is 0. The minimum atomic E-state index is 0. The van der Waals surface area contributed by atoms with Gasteiger partial charge in [0, 0.05) is 66.1 Å². The summed E-state index contributed by atoms with van der Waals surface area (Å²) in [5.41, 5.74) is 0. The smallest absolute Gasteiger partial charge is 0.190 e. The Bertz CT molecular complexity index is 322. The molecule has 1 unspecified atom stereocenters. The summed E-state index contributed by atoms with van der Waals surface area (Å²) in [4.78, 5) is 9.26. The second-order valence-electron chi connectivity index (χ2n) is 6.49. The molecule has 0 radical (unpaired) electrons. The molecule has 24 heavy (non-hydrogen) atoms. The number of ether oxygens (including phenoxy) is 1. The molecule has 7 heteroatoms. The Morgan fingerprint density at radius 2 is 1.88 bits per heavy atom. The zero-order valence-corrected chi connectivity index (χ0v) is 18.3. The third-order valence-electron chi connectivity index (χ3n) is 4.22. The highest BCUT2D eigenvalue weighted by molar-refractivity contribution is 14.0. The lowest BCUT2D eigenvalue weighted by molar-refractivity contribution is 0.139. The molecule has 144 valence electrons. The third kappa shape index (κ3) is 11.4. The van der Waals surface area contributed by atoms with Gasteiger partial charge < -0.3 is 25.2 Å². The van der Waals surface area contributed by atoms with Gasteiger partial charge in [-0.05, 0) is 32.7 Å². The van der Waals surface area contributed by atoms with E-state index < -0.39 is 0 Å². The van der Waals surface area contributed by atoms with Gasteiger partial charge in [-0.1, -0.05) is 6.92 Å². The molecule has 0 aromatic heterocycles. The van der Waals surface area contributed by atoms with Gasteiger partial charge in [0.1, 0.15) is 0 Å². The van der Waals surface area contributed by atoms with E-state index in [1.165, 1.54) is 26.2 Å². The molecule has 0 aromatic rings. The Hall–Kier alpha value is -0.120. The molecule has 1 aliphatic heterocycles. The molecule has 1 heterocycles. The van der Waals surface area contributed by atoms with Gasteiger partial charge in [-0.3, -0.25) is 4.99 Å². The largest absolute Gasteiger partial charge is 0.382 e. The van der Waals surface area contributed by atoms with Crippen LogP contribution in [0.1, 0.15) is 26.7 Å². The monoisotopic (exact) mass is 455 g/mol. The standard InChI is InChI=1S/C17H37N5O.HI/c1-5-23-13-7-6-8-19-17(18-3)20-14-16(2)15-22-11-9-21(4)10-12-22;/h16H,5-15H2,1-4H3,(H2,18,19,20);1H. The average Bonchev–Trinajstić information content (AvgIpc) is 2.55. The van der Waals surface area contributed by atoms with Crippen molar-refractivity contribution >= 4 is 29.9 Å². The van der Waals surface area contributed by atoms with Crippen LogP contribution in [0.2, 0.25) is 0 Å². The van der Waals surface area contributed by atoms with Crippen LogP contribution in [-0.2, 0) is 4.74 Å². The predicted octanol–water partition coefficient (Wildman–Crippen LogP) is 1.47. The highest BCUT2D eigenvalue weighted by Gasteiger charge is 2.16. The average molecular weight is 455 g/mol. The van der Waals surface area contributed by atoms with Crippen LogP contribution in [0.4, 0.5) is 0 Å². The number of aliphatic imine (C=N–C) groups is 1. The van der Waals surface area contributed by atoms with Crippen molar-refractivity contribution in [2.45, 2.75) is 26.7 Å². The van der Waals surface area contributed by atoms with Gasteiger partial charge in [0.2, 0.25) is 0 Å². The van der Waals surface area contributed by atoms with Crippen molar-refractivity contribution < 1.29 is 4.74 Å². The van der Waals surface area contributed by atoms with Crippen molar-refractivity contribution in [3.05, 3.63) is 0 Å². The molecule has 0 spiro atoms. The van der Waals surface area contributed by atoms with Gasteiger partial charge in [0.15, 0.2) is 5.96 Å². The number of piperazine rings is 1. The maximum Gasteiger partial charge on any atom is 0.190 e. The minimum Gasteiger partial charge on any atom is -0.382 e. The number of rotatable bonds is 10. The summed E-state index contributed by atoms with van der Waals surface area (Å²) < 4.78 is 5.34. The third-order valence-corrected chi connectivity index (χ3v) is 4.22. The molecule has 0 bridgehead atoms. The van der Waals surface area contributed by atoms with Crippen molar-refractivity contribution in [1.29, 1.82) is 0 Å². The quantitative estimate of drug-likeness (QED) is 0.226. The van der Waals surface area contributed by atoms with Crippen LogP contribution in [0.3, 0.4) is 0 Å². The SMILES string of the molecule is CCOCCCCNC(=NC)NCC(C)CN1CCN(C)CC1.I. The topological polar surface area (TPSA) is 52.1 Å². The predicted molar refractivity (Wildman–Crippen MR) is 114 cm³/mol. The highest BCUT2D eigenvalue weighted by Crippen LogP contribution is 2.03. The first kappa shape index (κ1) is 23.9. The van der Waals surface area contributed by atoms with E-state index in [1.807, 2.05) is 14.0 Å². The van der Waals surface area contributed by atoms with Gasteiger partial charge in [0.25, 0.3) is 0 Å². The number of unbranched alkanes of at least 4 members (excludes halogenated alkanes) is 1. The first-order chi connectivity index (χ1) is 11.2. The number of likely N-dealkylation sites (N-methyl/N-ethyl adjacent to an activating group) is 1. The molecule has 1 saturated heterocycles. The minimum absolute atomic E-state index is 0. The van der Waals surface area contributed by atoms with E-state index in [4.69, 9.17) is 4.74 Å². The first-order valence-electron chi connectivity index (χ1n) is 9.08. The van der Waals surface area contributed by atoms with Crippen molar-refractivity contribution in [3.63, 3.8) is 0 Å². The Balaban J connectivity index is 0.00000529. The molecule has 0 saturated carbocycles. The lowest BCUT2D eigenvalue weighted by Crippen LogP contribution is -2.47. The Morgan fingerprint density at radius 1 is 1.17 bits per heavy atom. The van der Waals surface area contributed by atoms with E-state index in [9.17, 15) is 0 Å². The summed E-state index contributed by atoms with van der Waals surface area (Å²) in [7, 11) is 4.03. The Morgan fingerprint density at radius 3 is 2.50 bits per heavy atom. The van der Waals surface area contributed by atoms with Gasteiger partial charge in [0.05, 0.1) is 0 Å².